The molecular formula is C56H44BN5PtS. The Morgan fingerprint density at radius 3 is 1.91 bits per heavy atom. The number of benzene rings is 7. The van der Waals surface area contributed by atoms with Crippen LogP contribution in [0, 0.1) is 39.8 Å². The van der Waals surface area contributed by atoms with Crippen LogP contribution in [0.25, 0.3) is 48.4 Å². The normalized spacial score (nSPS) is 13.0. The van der Waals surface area contributed by atoms with Crippen LogP contribution in [-0.2, 0) is 26.5 Å². The summed E-state index contributed by atoms with van der Waals surface area (Å²) < 4.78 is 3.46. The number of pyridine rings is 1. The summed E-state index contributed by atoms with van der Waals surface area (Å²) in [6.45, 7) is 15.6. The van der Waals surface area contributed by atoms with E-state index in [9.17, 15) is 0 Å². The summed E-state index contributed by atoms with van der Waals surface area (Å²) in [6.07, 6.45) is 1.88. The van der Waals surface area contributed by atoms with Crippen LogP contribution in [0.5, 0.6) is 0 Å². The fraction of sp³-hybridized carbons (Fsp3) is 0.143. The molecule has 0 radical (unpaired) electrons. The Morgan fingerprint density at radius 2 is 1.23 bits per heavy atom. The standard InChI is InChI=1S/C56H44BN5S.Pt/c1-33-19-22-44(35(3)26-33)60-47-24-21-37(55-59-43-15-9-11-17-52(43)63-55)28-41(47)57-42-32-48-40(39-14-8-10-16-46(39)62(48)53-18-12-13-25-58-53)31-49(42)61(45-23-20-34(2)27-36(45)4)51-30-38(56(5,6)7)29-50(60)54(51)57;/h8-27,29-31H,1-7H3;/q-2;+2. The molecule has 0 saturated carbocycles. The van der Waals surface area contributed by atoms with E-state index in [2.05, 4.69) is 202 Å². The van der Waals surface area contributed by atoms with Crippen molar-refractivity contribution in [3.05, 3.63) is 180 Å². The van der Waals surface area contributed by atoms with E-state index >= 15 is 0 Å². The molecule has 0 saturated heterocycles. The number of aryl methyl sites for hydroxylation is 4. The maximum absolute atomic E-state index is 5.17. The monoisotopic (exact) mass is 1020 g/mol. The maximum Gasteiger partial charge on any atom is 2.00 e. The SMILES string of the molecule is Cc1ccc(N2c3ccc(-c4nc5ccccc5s4)[c-]c3B3c4[c-]c5c(cc4N(c4ccc(C)cc4C)c4cc(C(C)(C)C)cc2c43)c2ccccc2n5-c2ccccn2)c(C)c1.[Pt+2]. The average Bonchev–Trinajstić information content (AvgIpc) is 3.85. The van der Waals surface area contributed by atoms with Gasteiger partial charge in [-0.3, -0.25) is 4.98 Å². The van der Waals surface area contributed by atoms with Crippen molar-refractivity contribution in [3.63, 3.8) is 0 Å². The smallest absolute Gasteiger partial charge is 0.366 e. The number of anilines is 6. The van der Waals surface area contributed by atoms with Gasteiger partial charge in [-0.2, -0.15) is 22.9 Å². The molecule has 0 unspecified atom stereocenters. The number of para-hydroxylation sites is 2. The molecule has 0 aliphatic carbocycles. The predicted molar refractivity (Wildman–Crippen MR) is 267 cm³/mol. The molecule has 7 aromatic carbocycles. The first-order valence-corrected chi connectivity index (χ1v) is 22.6. The van der Waals surface area contributed by atoms with Crippen molar-refractivity contribution in [2.45, 2.75) is 53.9 Å². The summed E-state index contributed by atoms with van der Waals surface area (Å²) in [5.74, 6) is 0.868. The van der Waals surface area contributed by atoms with Crippen molar-refractivity contribution in [2.75, 3.05) is 9.80 Å². The Labute approximate surface area is 393 Å². The van der Waals surface area contributed by atoms with Gasteiger partial charge in [-0.15, -0.1) is 40.7 Å². The molecule has 12 rings (SSSR count). The molecule has 0 amide bonds. The molecule has 5 nitrogen and oxygen atoms in total. The minimum absolute atomic E-state index is 0. The van der Waals surface area contributed by atoms with E-state index in [1.165, 1.54) is 54.7 Å². The van der Waals surface area contributed by atoms with Crippen LogP contribution in [0.1, 0.15) is 48.6 Å². The summed E-state index contributed by atoms with van der Waals surface area (Å²) in [4.78, 5) is 15.1. The van der Waals surface area contributed by atoms with E-state index in [1.54, 1.807) is 11.3 Å². The van der Waals surface area contributed by atoms with Gasteiger partial charge in [-0.1, -0.05) is 104 Å². The summed E-state index contributed by atoms with van der Waals surface area (Å²) in [5, 5.41) is 3.27. The van der Waals surface area contributed by atoms with Crippen molar-refractivity contribution in [2.24, 2.45) is 0 Å². The average molecular weight is 1020 g/mol. The zero-order valence-electron chi connectivity index (χ0n) is 36.8. The third-order valence-electron chi connectivity index (χ3n) is 13.1. The zero-order chi connectivity index (χ0) is 42.9. The second kappa shape index (κ2) is 14.9. The summed E-state index contributed by atoms with van der Waals surface area (Å²) in [7, 11) is 0. The predicted octanol–water partition coefficient (Wildman–Crippen LogP) is 12.7. The van der Waals surface area contributed by atoms with Gasteiger partial charge in [0.2, 0.25) is 6.71 Å². The number of rotatable bonds is 4. The van der Waals surface area contributed by atoms with Crippen LogP contribution >= 0.6 is 11.3 Å². The van der Waals surface area contributed by atoms with Crippen molar-refractivity contribution in [1.29, 1.82) is 0 Å². The van der Waals surface area contributed by atoms with E-state index in [-0.39, 0.29) is 33.2 Å². The third kappa shape index (κ3) is 6.15. The van der Waals surface area contributed by atoms with Crippen LogP contribution in [0.4, 0.5) is 34.1 Å². The quantitative estimate of drug-likeness (QED) is 0.130. The van der Waals surface area contributed by atoms with Gasteiger partial charge in [0.05, 0.1) is 5.52 Å². The molecule has 0 bridgehead atoms. The van der Waals surface area contributed by atoms with Gasteiger partial charge in [0.1, 0.15) is 5.82 Å². The number of fused-ring (bicyclic) bond motifs is 8. The first-order chi connectivity index (χ1) is 30.5. The minimum atomic E-state index is -0.202. The van der Waals surface area contributed by atoms with E-state index in [0.717, 1.165) is 72.0 Å². The second-order valence-corrected chi connectivity index (χ2v) is 19.4. The van der Waals surface area contributed by atoms with Crippen LogP contribution in [0.3, 0.4) is 0 Å². The number of thiazole rings is 1. The largest absolute Gasteiger partial charge is 2.00 e. The van der Waals surface area contributed by atoms with E-state index in [4.69, 9.17) is 9.97 Å². The summed E-state index contributed by atoms with van der Waals surface area (Å²) in [6, 6.07) is 57.2. The topological polar surface area (TPSA) is 37.2 Å². The van der Waals surface area contributed by atoms with Gasteiger partial charge >= 0.3 is 21.1 Å². The molecule has 8 heteroatoms. The molecule has 10 aromatic rings. The third-order valence-corrected chi connectivity index (χ3v) is 14.2. The number of aromatic nitrogens is 3. The molecule has 0 atom stereocenters. The van der Waals surface area contributed by atoms with E-state index < -0.39 is 0 Å². The van der Waals surface area contributed by atoms with Crippen LogP contribution in [0.2, 0.25) is 0 Å². The Balaban J connectivity index is 0.00000456. The number of hydrogen-bond acceptors (Lipinski definition) is 5. The van der Waals surface area contributed by atoms with Gasteiger partial charge < -0.3 is 14.4 Å². The van der Waals surface area contributed by atoms with Gasteiger partial charge in [-0.25, -0.2) is 4.98 Å². The van der Waals surface area contributed by atoms with Crippen LogP contribution in [0.15, 0.2) is 140 Å². The molecule has 312 valence electrons. The molecule has 2 aliphatic heterocycles. The Bertz CT molecular complexity index is 3500. The Kier molecular flexibility index (Phi) is 9.43. The zero-order valence-corrected chi connectivity index (χ0v) is 39.9. The fourth-order valence-corrected chi connectivity index (χ4v) is 11.1. The molecular weight excluding hydrogens is 981 g/mol. The Hall–Kier alpha value is -6.27. The maximum atomic E-state index is 5.17. The second-order valence-electron chi connectivity index (χ2n) is 18.4. The van der Waals surface area contributed by atoms with Gasteiger partial charge in [-0.05, 0) is 121 Å². The van der Waals surface area contributed by atoms with Crippen molar-refractivity contribution in [1.82, 2.24) is 14.5 Å². The number of nitrogens with zero attached hydrogens (tertiary/aromatic N) is 5. The van der Waals surface area contributed by atoms with Gasteiger partial charge in [0.25, 0.3) is 0 Å². The summed E-state index contributed by atoms with van der Waals surface area (Å²) in [5.41, 5.74) is 20.6. The van der Waals surface area contributed by atoms with Crippen molar-refractivity contribution >= 4 is 101 Å². The van der Waals surface area contributed by atoms with Gasteiger partial charge in [0.15, 0.2) is 0 Å². The number of hydrogen-bond donors (Lipinski definition) is 0. The molecule has 2 aliphatic rings. The van der Waals surface area contributed by atoms with Crippen LogP contribution < -0.4 is 26.2 Å². The first-order valence-electron chi connectivity index (χ1n) is 21.8. The Morgan fingerprint density at radius 1 is 0.594 bits per heavy atom. The molecule has 64 heavy (non-hydrogen) atoms. The molecule has 5 heterocycles. The molecule has 3 aromatic heterocycles. The van der Waals surface area contributed by atoms with Crippen molar-refractivity contribution in [3.8, 4) is 16.4 Å². The fourth-order valence-electron chi connectivity index (χ4n) is 10.1. The van der Waals surface area contributed by atoms with Crippen molar-refractivity contribution < 1.29 is 21.1 Å². The molecule has 0 fully saturated rings. The first kappa shape index (κ1) is 40.5. The van der Waals surface area contributed by atoms with Crippen LogP contribution in [-0.4, -0.2) is 21.2 Å². The van der Waals surface area contributed by atoms with E-state index in [1.807, 2.05) is 12.3 Å². The minimum Gasteiger partial charge on any atom is -0.366 e. The van der Waals surface area contributed by atoms with Gasteiger partial charge in [0, 0.05) is 44.2 Å². The summed E-state index contributed by atoms with van der Waals surface area (Å²) >= 11 is 1.73. The molecule has 0 spiro atoms. The molecule has 0 N–H and O–H groups in total. The van der Waals surface area contributed by atoms with E-state index in [0.29, 0.717) is 0 Å².